The largest absolute Gasteiger partial charge is 0.394 e. The van der Waals surface area contributed by atoms with E-state index in [9.17, 15) is 4.79 Å². The Morgan fingerprint density at radius 2 is 1.69 bits per heavy atom. The molecule has 0 aliphatic carbocycles. The third-order valence-corrected chi connectivity index (χ3v) is 2.03. The molecule has 0 radical (unpaired) electrons. The number of aliphatic hydroxyl groups excluding tert-OH is 3. The van der Waals surface area contributed by atoms with E-state index in [-0.39, 0.29) is 12.3 Å². The number of carbonyl (C=O) groups excluding carboxylic acids is 1. The SMILES string of the molecule is O=C(CCBr)NC(CO)(CO)CO. The molecule has 0 bridgehead atoms. The van der Waals surface area contributed by atoms with E-state index in [1.165, 1.54) is 0 Å². The Morgan fingerprint density at radius 3 is 2.00 bits per heavy atom. The predicted molar refractivity (Wildman–Crippen MR) is 50.5 cm³/mol. The van der Waals surface area contributed by atoms with Crippen molar-refractivity contribution in [1.29, 1.82) is 0 Å². The molecular weight excluding hydrogens is 242 g/mol. The van der Waals surface area contributed by atoms with E-state index < -0.39 is 25.4 Å². The van der Waals surface area contributed by atoms with E-state index in [1.807, 2.05) is 0 Å². The Morgan fingerprint density at radius 1 is 1.23 bits per heavy atom. The smallest absolute Gasteiger partial charge is 0.221 e. The lowest BCUT2D eigenvalue weighted by molar-refractivity contribution is -0.124. The van der Waals surface area contributed by atoms with Crippen LogP contribution in [0.25, 0.3) is 0 Å². The van der Waals surface area contributed by atoms with Gasteiger partial charge in [-0.1, -0.05) is 15.9 Å². The fourth-order valence-corrected chi connectivity index (χ4v) is 1.07. The maximum atomic E-state index is 11.1. The molecule has 0 aliphatic heterocycles. The third-order valence-electron chi connectivity index (χ3n) is 1.63. The summed E-state index contributed by atoms with van der Waals surface area (Å²) in [4.78, 5) is 11.1. The molecule has 0 unspecified atom stereocenters. The van der Waals surface area contributed by atoms with Gasteiger partial charge in [0, 0.05) is 11.8 Å². The molecule has 4 N–H and O–H groups in total. The summed E-state index contributed by atoms with van der Waals surface area (Å²) in [5.41, 5.74) is -1.31. The fraction of sp³-hybridized carbons (Fsp3) is 0.857. The molecule has 0 heterocycles. The van der Waals surface area contributed by atoms with Gasteiger partial charge in [-0.3, -0.25) is 4.79 Å². The van der Waals surface area contributed by atoms with Crippen LogP contribution >= 0.6 is 15.9 Å². The zero-order chi connectivity index (χ0) is 10.3. The Kier molecular flexibility index (Phi) is 6.23. The number of amides is 1. The highest BCUT2D eigenvalue weighted by Gasteiger charge is 2.29. The summed E-state index contributed by atoms with van der Waals surface area (Å²) in [5, 5.41) is 29.4. The molecule has 0 atom stereocenters. The predicted octanol–water partition coefficient (Wildman–Crippen LogP) is -1.40. The molecule has 0 aromatic carbocycles. The highest BCUT2D eigenvalue weighted by molar-refractivity contribution is 9.09. The average Bonchev–Trinajstić information content (AvgIpc) is 2.15. The van der Waals surface area contributed by atoms with Crippen molar-refractivity contribution in [3.8, 4) is 0 Å². The maximum Gasteiger partial charge on any atom is 0.221 e. The van der Waals surface area contributed by atoms with Crippen molar-refractivity contribution in [3.05, 3.63) is 0 Å². The van der Waals surface area contributed by atoms with Gasteiger partial charge in [0.1, 0.15) is 5.54 Å². The van der Waals surface area contributed by atoms with Crippen molar-refractivity contribution in [2.75, 3.05) is 25.2 Å². The van der Waals surface area contributed by atoms with Crippen molar-refractivity contribution < 1.29 is 20.1 Å². The molecule has 0 saturated heterocycles. The number of rotatable bonds is 6. The second-order valence-corrected chi connectivity index (χ2v) is 3.53. The van der Waals surface area contributed by atoms with E-state index >= 15 is 0 Å². The summed E-state index contributed by atoms with van der Waals surface area (Å²) in [6.45, 7) is -1.48. The van der Waals surface area contributed by atoms with Crippen molar-refractivity contribution in [2.45, 2.75) is 12.0 Å². The third kappa shape index (κ3) is 4.04. The van der Waals surface area contributed by atoms with Crippen molar-refractivity contribution in [2.24, 2.45) is 0 Å². The first-order chi connectivity index (χ1) is 6.14. The highest BCUT2D eigenvalue weighted by Crippen LogP contribution is 2.02. The van der Waals surface area contributed by atoms with Crippen LogP contribution in [0, 0.1) is 0 Å². The summed E-state index contributed by atoms with van der Waals surface area (Å²) in [5.74, 6) is -0.325. The molecule has 0 fully saturated rings. The minimum absolute atomic E-state index is 0.238. The van der Waals surface area contributed by atoms with Crippen molar-refractivity contribution in [3.63, 3.8) is 0 Å². The van der Waals surface area contributed by atoms with Crippen LogP contribution in [0.1, 0.15) is 6.42 Å². The first-order valence-corrected chi connectivity index (χ1v) is 4.96. The number of halogens is 1. The van der Waals surface area contributed by atoms with E-state index in [2.05, 4.69) is 21.2 Å². The second kappa shape index (κ2) is 6.31. The average molecular weight is 256 g/mol. The lowest BCUT2D eigenvalue weighted by Gasteiger charge is -2.28. The Labute approximate surface area is 84.9 Å². The summed E-state index contributed by atoms with van der Waals surface area (Å²) in [7, 11) is 0. The van der Waals surface area contributed by atoms with Crippen LogP contribution in [0.2, 0.25) is 0 Å². The molecular formula is C7H14BrNO4. The first-order valence-electron chi connectivity index (χ1n) is 3.83. The standard InChI is InChI=1S/C7H14BrNO4/c8-2-1-6(13)9-7(3-10,4-11)5-12/h10-12H,1-5H2,(H,9,13). The topological polar surface area (TPSA) is 89.8 Å². The van der Waals surface area contributed by atoms with Gasteiger partial charge in [0.05, 0.1) is 19.8 Å². The molecule has 78 valence electrons. The van der Waals surface area contributed by atoms with E-state index in [0.29, 0.717) is 5.33 Å². The minimum atomic E-state index is -1.31. The van der Waals surface area contributed by atoms with Crippen LogP contribution in [0.4, 0.5) is 0 Å². The van der Waals surface area contributed by atoms with Gasteiger partial charge in [-0.05, 0) is 0 Å². The lowest BCUT2D eigenvalue weighted by Crippen LogP contribution is -2.57. The molecule has 0 aromatic rings. The maximum absolute atomic E-state index is 11.1. The summed E-state index contributed by atoms with van der Waals surface area (Å²) in [6, 6.07) is 0. The first kappa shape index (κ1) is 12.8. The van der Waals surface area contributed by atoms with Crippen LogP contribution in [-0.4, -0.2) is 51.9 Å². The second-order valence-electron chi connectivity index (χ2n) is 2.74. The molecule has 1 amide bonds. The van der Waals surface area contributed by atoms with E-state index in [0.717, 1.165) is 0 Å². The van der Waals surface area contributed by atoms with Crippen molar-refractivity contribution >= 4 is 21.8 Å². The normalized spacial score (nSPS) is 11.4. The summed E-state index contributed by atoms with van der Waals surface area (Å²) >= 11 is 3.07. The van der Waals surface area contributed by atoms with Crippen LogP contribution < -0.4 is 5.32 Å². The number of carbonyl (C=O) groups is 1. The van der Waals surface area contributed by atoms with E-state index in [4.69, 9.17) is 15.3 Å². The molecule has 0 saturated carbocycles. The van der Waals surface area contributed by atoms with Gasteiger partial charge < -0.3 is 20.6 Å². The van der Waals surface area contributed by atoms with Gasteiger partial charge in [0.15, 0.2) is 0 Å². The minimum Gasteiger partial charge on any atom is -0.394 e. The van der Waals surface area contributed by atoms with Crippen LogP contribution in [0.15, 0.2) is 0 Å². The molecule has 6 heteroatoms. The summed E-state index contributed by atoms with van der Waals surface area (Å²) in [6.07, 6.45) is 0.238. The van der Waals surface area contributed by atoms with Gasteiger partial charge >= 0.3 is 0 Å². The molecule has 5 nitrogen and oxygen atoms in total. The summed E-state index contributed by atoms with van der Waals surface area (Å²) < 4.78 is 0. The van der Waals surface area contributed by atoms with Gasteiger partial charge in [-0.2, -0.15) is 0 Å². The number of alkyl halides is 1. The van der Waals surface area contributed by atoms with Crippen LogP contribution in [-0.2, 0) is 4.79 Å². The highest BCUT2D eigenvalue weighted by atomic mass is 79.9. The quantitative estimate of drug-likeness (QED) is 0.440. The Hall–Kier alpha value is -0.170. The number of nitrogens with one attached hydrogen (secondary N) is 1. The van der Waals surface area contributed by atoms with Crippen LogP contribution in [0.3, 0.4) is 0 Å². The lowest BCUT2D eigenvalue weighted by atomic mass is 10.0. The number of hydrogen-bond donors (Lipinski definition) is 4. The Bertz CT molecular complexity index is 152. The zero-order valence-corrected chi connectivity index (χ0v) is 8.75. The Balaban J connectivity index is 4.16. The van der Waals surface area contributed by atoms with Gasteiger partial charge in [-0.15, -0.1) is 0 Å². The number of hydrogen-bond acceptors (Lipinski definition) is 4. The van der Waals surface area contributed by atoms with E-state index in [1.54, 1.807) is 0 Å². The number of aliphatic hydroxyl groups is 3. The van der Waals surface area contributed by atoms with Crippen LogP contribution in [0.5, 0.6) is 0 Å². The molecule has 0 rings (SSSR count). The molecule has 0 aliphatic rings. The van der Waals surface area contributed by atoms with Gasteiger partial charge in [0.2, 0.25) is 5.91 Å². The van der Waals surface area contributed by atoms with Gasteiger partial charge in [0.25, 0.3) is 0 Å². The van der Waals surface area contributed by atoms with Gasteiger partial charge in [-0.25, -0.2) is 0 Å². The fourth-order valence-electron chi connectivity index (χ4n) is 0.713. The monoisotopic (exact) mass is 255 g/mol. The van der Waals surface area contributed by atoms with Crippen molar-refractivity contribution in [1.82, 2.24) is 5.32 Å². The molecule has 13 heavy (non-hydrogen) atoms. The molecule has 0 aromatic heterocycles. The zero-order valence-electron chi connectivity index (χ0n) is 7.16. The molecule has 0 spiro atoms.